The van der Waals surface area contributed by atoms with E-state index in [1.165, 1.54) is 77.0 Å². The Morgan fingerprint density at radius 1 is 0.535 bits per heavy atom. The van der Waals surface area contributed by atoms with Crippen LogP contribution in [0.15, 0.2) is 0 Å². The number of hydrogen-bond acceptors (Lipinski definition) is 9. The standard InChI is InChI=1S/C32H63O10P/c1-3-5-7-9-10-11-12-13-14-15-16-17-18-19-20-22-24-32(36)42-30(26-34)28-40-43(37,38)39-27-29(25-33)41-31(35)23-21-8-6-4-2/h29-30,33-34H,3-28H2,1-2H3,(H,37,38). The normalized spacial score (nSPS) is 14.3. The number of phosphoric acid groups is 1. The predicted molar refractivity (Wildman–Crippen MR) is 169 cm³/mol. The molecule has 3 atom stereocenters. The van der Waals surface area contributed by atoms with Crippen LogP contribution in [0.25, 0.3) is 0 Å². The van der Waals surface area contributed by atoms with Crippen LogP contribution in [-0.4, -0.2) is 65.7 Å². The highest BCUT2D eigenvalue weighted by molar-refractivity contribution is 7.47. The van der Waals surface area contributed by atoms with E-state index in [1.807, 2.05) is 0 Å². The van der Waals surface area contributed by atoms with Crippen molar-refractivity contribution in [3.8, 4) is 0 Å². The van der Waals surface area contributed by atoms with E-state index in [-0.39, 0.29) is 12.8 Å². The fraction of sp³-hybridized carbons (Fsp3) is 0.938. The second-order valence-electron chi connectivity index (χ2n) is 11.5. The van der Waals surface area contributed by atoms with Crippen LogP contribution in [0.5, 0.6) is 0 Å². The highest BCUT2D eigenvalue weighted by Crippen LogP contribution is 2.43. The van der Waals surface area contributed by atoms with E-state index in [9.17, 15) is 29.3 Å². The number of carbonyl (C=O) groups excluding carboxylic acids is 2. The van der Waals surface area contributed by atoms with Gasteiger partial charge in [-0.2, -0.15) is 0 Å². The van der Waals surface area contributed by atoms with Crippen molar-refractivity contribution in [1.82, 2.24) is 0 Å². The van der Waals surface area contributed by atoms with E-state index in [0.29, 0.717) is 12.8 Å². The maximum absolute atomic E-state index is 12.2. The molecular weight excluding hydrogens is 575 g/mol. The summed E-state index contributed by atoms with van der Waals surface area (Å²) in [6.07, 6.45) is 21.6. The molecule has 0 spiro atoms. The summed E-state index contributed by atoms with van der Waals surface area (Å²) in [5.41, 5.74) is 0. The third kappa shape index (κ3) is 28.2. The second kappa shape index (κ2) is 29.7. The van der Waals surface area contributed by atoms with Crippen molar-refractivity contribution >= 4 is 19.8 Å². The molecule has 0 aromatic rings. The molecule has 0 heterocycles. The van der Waals surface area contributed by atoms with Crippen molar-refractivity contribution < 1.29 is 47.8 Å². The molecule has 0 aliphatic heterocycles. The maximum Gasteiger partial charge on any atom is 0.472 e. The zero-order chi connectivity index (χ0) is 32.0. The minimum absolute atomic E-state index is 0.187. The number of rotatable bonds is 32. The summed E-state index contributed by atoms with van der Waals surface area (Å²) in [5.74, 6) is -1.03. The SMILES string of the molecule is CCCCCCCCCCCCCCCCCCC(=O)OC(CO)COP(=O)(O)OCC(CO)OC(=O)CCCCCC. The molecule has 0 saturated carbocycles. The van der Waals surface area contributed by atoms with Crippen LogP contribution < -0.4 is 0 Å². The number of hydrogen-bond donors (Lipinski definition) is 3. The molecule has 0 rings (SSSR count). The van der Waals surface area contributed by atoms with Gasteiger partial charge in [0.1, 0.15) is 12.2 Å². The zero-order valence-electron chi connectivity index (χ0n) is 27.2. The van der Waals surface area contributed by atoms with Gasteiger partial charge in [-0.05, 0) is 12.8 Å². The molecular formula is C32H63O10P. The number of esters is 2. The van der Waals surface area contributed by atoms with Crippen LogP contribution in [-0.2, 0) is 32.7 Å². The Hall–Kier alpha value is -1.03. The molecule has 0 fully saturated rings. The number of aliphatic hydroxyl groups is 2. The molecule has 10 nitrogen and oxygen atoms in total. The van der Waals surface area contributed by atoms with Crippen molar-refractivity contribution in [2.24, 2.45) is 0 Å². The molecule has 3 N–H and O–H groups in total. The Balaban J connectivity index is 3.90. The fourth-order valence-electron chi connectivity index (χ4n) is 4.64. The molecule has 0 saturated heterocycles. The maximum atomic E-state index is 12.2. The van der Waals surface area contributed by atoms with Crippen molar-refractivity contribution in [3.05, 3.63) is 0 Å². The second-order valence-corrected chi connectivity index (χ2v) is 13.0. The summed E-state index contributed by atoms with van der Waals surface area (Å²) in [6, 6.07) is 0. The molecule has 0 bridgehead atoms. The van der Waals surface area contributed by atoms with Crippen LogP contribution in [0.4, 0.5) is 0 Å². The molecule has 0 amide bonds. The largest absolute Gasteiger partial charge is 0.472 e. The molecule has 0 aliphatic rings. The summed E-state index contributed by atoms with van der Waals surface area (Å²) in [5, 5.41) is 18.9. The number of unbranched alkanes of at least 4 members (excludes halogenated alkanes) is 18. The Labute approximate surface area is 261 Å². The average molecular weight is 639 g/mol. The topological polar surface area (TPSA) is 149 Å². The number of aliphatic hydroxyl groups excluding tert-OH is 2. The first kappa shape index (κ1) is 42.0. The van der Waals surface area contributed by atoms with Gasteiger partial charge in [0.2, 0.25) is 0 Å². The Kier molecular flexibility index (Phi) is 29.0. The monoisotopic (exact) mass is 638 g/mol. The van der Waals surface area contributed by atoms with E-state index in [0.717, 1.165) is 38.5 Å². The van der Waals surface area contributed by atoms with Crippen LogP contribution in [0.3, 0.4) is 0 Å². The van der Waals surface area contributed by atoms with Crippen LogP contribution in [0.2, 0.25) is 0 Å². The molecule has 43 heavy (non-hydrogen) atoms. The number of carbonyl (C=O) groups is 2. The van der Waals surface area contributed by atoms with Gasteiger partial charge < -0.3 is 24.6 Å². The van der Waals surface area contributed by atoms with Crippen molar-refractivity contribution in [2.75, 3.05) is 26.4 Å². The van der Waals surface area contributed by atoms with Crippen molar-refractivity contribution in [3.63, 3.8) is 0 Å². The summed E-state index contributed by atoms with van der Waals surface area (Å²) >= 11 is 0. The van der Waals surface area contributed by atoms with Crippen molar-refractivity contribution in [1.29, 1.82) is 0 Å². The average Bonchev–Trinajstić information content (AvgIpc) is 2.99. The summed E-state index contributed by atoms with van der Waals surface area (Å²) in [4.78, 5) is 33.9. The third-order valence-electron chi connectivity index (χ3n) is 7.32. The lowest BCUT2D eigenvalue weighted by Gasteiger charge is -2.20. The van der Waals surface area contributed by atoms with E-state index < -0.39 is 58.4 Å². The molecule has 0 radical (unpaired) electrons. The van der Waals surface area contributed by atoms with E-state index >= 15 is 0 Å². The van der Waals surface area contributed by atoms with Gasteiger partial charge in [0, 0.05) is 12.8 Å². The quantitative estimate of drug-likeness (QED) is 0.0383. The first-order chi connectivity index (χ1) is 20.8. The molecule has 256 valence electrons. The lowest BCUT2D eigenvalue weighted by molar-refractivity contribution is -0.153. The highest BCUT2D eigenvalue weighted by atomic mass is 31.2. The van der Waals surface area contributed by atoms with Crippen LogP contribution in [0, 0.1) is 0 Å². The van der Waals surface area contributed by atoms with Crippen molar-refractivity contribution in [2.45, 2.75) is 167 Å². The van der Waals surface area contributed by atoms with Gasteiger partial charge in [0.15, 0.2) is 0 Å². The first-order valence-corrected chi connectivity index (χ1v) is 18.5. The third-order valence-corrected chi connectivity index (χ3v) is 8.27. The smallest absolute Gasteiger partial charge is 0.457 e. The minimum Gasteiger partial charge on any atom is -0.457 e. The number of ether oxygens (including phenoxy) is 2. The van der Waals surface area contributed by atoms with Gasteiger partial charge in [0.05, 0.1) is 26.4 Å². The van der Waals surface area contributed by atoms with Gasteiger partial charge >= 0.3 is 19.8 Å². The number of phosphoric ester groups is 1. The molecule has 0 aromatic carbocycles. The lowest BCUT2D eigenvalue weighted by atomic mass is 10.0. The highest BCUT2D eigenvalue weighted by Gasteiger charge is 2.27. The summed E-state index contributed by atoms with van der Waals surface area (Å²) in [7, 11) is -4.60. The van der Waals surface area contributed by atoms with E-state index in [4.69, 9.17) is 18.5 Å². The summed E-state index contributed by atoms with van der Waals surface area (Å²) in [6.45, 7) is 2.05. The van der Waals surface area contributed by atoms with Gasteiger partial charge in [-0.15, -0.1) is 0 Å². The van der Waals surface area contributed by atoms with Gasteiger partial charge in [-0.25, -0.2) is 4.57 Å². The van der Waals surface area contributed by atoms with Gasteiger partial charge in [-0.1, -0.05) is 129 Å². The Bertz CT molecular complexity index is 706. The van der Waals surface area contributed by atoms with E-state index in [2.05, 4.69) is 13.8 Å². The van der Waals surface area contributed by atoms with E-state index in [1.54, 1.807) is 0 Å². The fourth-order valence-corrected chi connectivity index (χ4v) is 5.43. The Morgan fingerprint density at radius 2 is 0.814 bits per heavy atom. The molecule has 3 unspecified atom stereocenters. The minimum atomic E-state index is -4.60. The molecule has 0 aliphatic carbocycles. The predicted octanol–water partition coefficient (Wildman–Crippen LogP) is 7.55. The first-order valence-electron chi connectivity index (χ1n) is 17.0. The lowest BCUT2D eigenvalue weighted by Crippen LogP contribution is -2.28. The van der Waals surface area contributed by atoms with Crippen LogP contribution >= 0.6 is 7.82 Å². The van der Waals surface area contributed by atoms with Gasteiger partial charge in [-0.3, -0.25) is 18.6 Å². The Morgan fingerprint density at radius 3 is 1.12 bits per heavy atom. The van der Waals surface area contributed by atoms with Crippen LogP contribution in [0.1, 0.15) is 155 Å². The zero-order valence-corrected chi connectivity index (χ0v) is 28.1. The van der Waals surface area contributed by atoms with Gasteiger partial charge in [0.25, 0.3) is 0 Å². The summed E-state index contributed by atoms with van der Waals surface area (Å²) < 4.78 is 32.1. The molecule has 11 heteroatoms. The molecule has 0 aromatic heterocycles.